The van der Waals surface area contributed by atoms with Crippen LogP contribution < -0.4 is 52.2 Å². The van der Waals surface area contributed by atoms with Crippen LogP contribution in [0.1, 0.15) is 112 Å². The van der Waals surface area contributed by atoms with Crippen LogP contribution in [-0.2, 0) is 21.7 Å². The van der Waals surface area contributed by atoms with Gasteiger partial charge in [0.1, 0.15) is 11.5 Å². The van der Waals surface area contributed by atoms with Gasteiger partial charge >= 0.3 is 0 Å². The van der Waals surface area contributed by atoms with Crippen LogP contribution in [0.3, 0.4) is 0 Å². The number of fused-ring (bicyclic) bond motifs is 23. The van der Waals surface area contributed by atoms with Gasteiger partial charge in [0.15, 0.2) is 0 Å². The van der Waals surface area contributed by atoms with Crippen molar-refractivity contribution in [3.8, 4) is 72.8 Å². The lowest BCUT2D eigenvalue weighted by Gasteiger charge is -2.46. The van der Waals surface area contributed by atoms with Gasteiger partial charge in [0.05, 0.1) is 44.5 Å². The Labute approximate surface area is 714 Å². The second-order valence-corrected chi connectivity index (χ2v) is 36.4. The maximum Gasteiger partial charge on any atom is 0.256 e. The number of ether oxygens (including phenoxy) is 1. The summed E-state index contributed by atoms with van der Waals surface area (Å²) in [5.41, 5.74) is 33.2. The number of benzene rings is 17. The van der Waals surface area contributed by atoms with Crippen molar-refractivity contribution in [2.45, 2.75) is 84.0 Å². The van der Waals surface area contributed by atoms with Crippen molar-refractivity contribution >= 4 is 130 Å². The first kappa shape index (κ1) is 62.4. The minimum Gasteiger partial charge on any atom is -0.458 e. The summed E-state index contributed by atoms with van der Waals surface area (Å²) in [6.45, 7) is 19.6. The SMILES string of the molecule is [2H]c1c([2H])c([2H])c2c(c1[2H])c1c([2H])c([2H])c([2H])c([2H])c1n2-c1cc2c3c(c1)N(c1cc(C(C)(C)C)cc(C(C)(C)C)c1)c1cc4c(cc1B3c1ccccc1N2c1ccccc1)B1c2ccccc2N(c2c(-c3ccccc3)cc(C(C)(C)C)cc2-c2ccccc2)c2c1c(cc1cc(-c3cccc5c3C3(c6ccccc6-c6ccccc63)c3ccccc3-5)ccc21)O4. The quantitative estimate of drug-likeness (QED) is 0.148. The van der Waals surface area contributed by atoms with E-state index >= 15 is 0 Å². The third-order valence-electron chi connectivity index (χ3n) is 26.6. The summed E-state index contributed by atoms with van der Waals surface area (Å²) < 4.78 is 86.5. The molecule has 0 atom stereocenters. The van der Waals surface area contributed by atoms with Crippen LogP contribution in [0.2, 0.25) is 0 Å². The molecule has 24 rings (SSSR count). The molecule has 2 aliphatic carbocycles. The highest BCUT2D eigenvalue weighted by Crippen LogP contribution is 2.65. The molecule has 0 saturated heterocycles. The molecule has 0 radical (unpaired) electrons. The fraction of sp³-hybridized carbons (Fsp3) is 0.115. The molecular formula is C113H86B2N4O. The average Bonchev–Trinajstić information content (AvgIpc) is 1.19. The second-order valence-electron chi connectivity index (χ2n) is 36.4. The first-order chi connectivity index (χ1) is 61.8. The molecule has 0 fully saturated rings. The molecule has 17 aromatic carbocycles. The van der Waals surface area contributed by atoms with Gasteiger partial charge in [-0.15, -0.1) is 0 Å². The maximum absolute atomic E-state index is 9.99. The van der Waals surface area contributed by atoms with E-state index in [-0.39, 0.29) is 50.1 Å². The monoisotopic (exact) mass is 1540 g/mol. The lowest BCUT2D eigenvalue weighted by molar-refractivity contribution is 0.488. The zero-order valence-electron chi connectivity index (χ0n) is 76.3. The summed E-state index contributed by atoms with van der Waals surface area (Å²) in [5.74, 6) is 1.39. The minimum atomic E-state index is -0.632. The van der Waals surface area contributed by atoms with E-state index in [9.17, 15) is 11.0 Å². The fourth-order valence-corrected chi connectivity index (χ4v) is 21.3. The van der Waals surface area contributed by atoms with E-state index in [1.165, 1.54) is 50.1 Å². The molecule has 0 bridgehead atoms. The average molecular weight is 1550 g/mol. The van der Waals surface area contributed by atoms with Gasteiger partial charge < -0.3 is 24.0 Å². The van der Waals surface area contributed by atoms with Crippen LogP contribution in [0.15, 0.2) is 358 Å². The van der Waals surface area contributed by atoms with Crippen molar-refractivity contribution in [3.05, 3.63) is 397 Å². The molecule has 5 nitrogen and oxygen atoms in total. The molecule has 0 N–H and O–H groups in total. The van der Waals surface area contributed by atoms with E-state index in [2.05, 4.69) is 368 Å². The molecule has 5 heterocycles. The first-order valence-electron chi connectivity index (χ1n) is 45.9. The standard InChI is InChI=1S/C113H86B2N4O/c1-110(2,3)73-60-74(111(4,5)6)62-77(61-73)118-100-68-103-95(67-94(100)114-92-50-27-31-54-98(92)116(76-38-17-12-18-39-76)101-65-78(66-102(118)106(101)114)117-96-52-29-22-43-84(96)85-44-23-30-53-97(85)117)115-93-51-28-32-55-99(93)119(108-87(69-34-13-10-14-35-69)63-75(112(7,8)9)64-88(108)70-36-15-11-16-37-70)109-80-57-56-71(58-72(80)59-104(120-103)107(109)115)79-45-33-46-86-83-42-21-26-49-91(83)113(105(79)86)89-47-24-19-40-81(89)82-41-20-25-48-90(82)113/h10-68H,1-9H3/i22D,23D,29D,30D,43D,44D,52D,53D. The highest BCUT2D eigenvalue weighted by molar-refractivity contribution is 7.02. The number of para-hydroxylation sites is 5. The van der Waals surface area contributed by atoms with E-state index in [0.29, 0.717) is 11.4 Å². The van der Waals surface area contributed by atoms with Crippen LogP contribution >= 0.6 is 0 Å². The van der Waals surface area contributed by atoms with E-state index in [1.807, 2.05) is 18.2 Å². The smallest absolute Gasteiger partial charge is 0.256 e. The predicted octanol–water partition coefficient (Wildman–Crippen LogP) is 25.7. The highest BCUT2D eigenvalue weighted by Gasteiger charge is 2.54. The zero-order valence-corrected chi connectivity index (χ0v) is 68.3. The number of anilines is 9. The van der Waals surface area contributed by atoms with Crippen LogP contribution in [0, 0.1) is 0 Å². The van der Waals surface area contributed by atoms with E-state index in [4.69, 9.17) is 4.74 Å². The fourth-order valence-electron chi connectivity index (χ4n) is 21.3. The summed E-state index contributed by atoms with van der Waals surface area (Å²) in [5, 5.41) is 2.06. The van der Waals surface area contributed by atoms with Crippen molar-refractivity contribution in [1.29, 1.82) is 0 Å². The summed E-state index contributed by atoms with van der Waals surface area (Å²) in [4.78, 5) is 7.30. The van der Waals surface area contributed by atoms with E-state index < -0.39 is 55.1 Å². The van der Waals surface area contributed by atoms with Crippen molar-refractivity contribution in [1.82, 2.24) is 4.57 Å². The van der Waals surface area contributed by atoms with Gasteiger partial charge in [0, 0.05) is 73.2 Å². The van der Waals surface area contributed by atoms with Crippen molar-refractivity contribution < 1.29 is 15.7 Å². The van der Waals surface area contributed by atoms with Crippen LogP contribution in [-0.4, -0.2) is 18.0 Å². The molecule has 0 saturated carbocycles. The lowest BCUT2D eigenvalue weighted by Crippen LogP contribution is -2.64. The molecule has 1 aromatic heterocycles. The van der Waals surface area contributed by atoms with Crippen LogP contribution in [0.5, 0.6) is 11.5 Å². The van der Waals surface area contributed by atoms with Crippen molar-refractivity contribution in [2.75, 3.05) is 14.7 Å². The Morgan fingerprint density at radius 2 is 0.775 bits per heavy atom. The first-order valence-corrected chi connectivity index (χ1v) is 41.9. The molecule has 6 aliphatic rings. The maximum atomic E-state index is 9.99. The zero-order chi connectivity index (χ0) is 87.5. The van der Waals surface area contributed by atoms with Gasteiger partial charge in [0.2, 0.25) is 0 Å². The van der Waals surface area contributed by atoms with E-state index in [0.717, 1.165) is 145 Å². The highest BCUT2D eigenvalue weighted by atomic mass is 16.5. The number of rotatable bonds is 7. The molecule has 570 valence electrons. The Bertz CT molecular complexity index is 7710. The predicted molar refractivity (Wildman–Crippen MR) is 507 cm³/mol. The van der Waals surface area contributed by atoms with Crippen molar-refractivity contribution in [2.24, 2.45) is 0 Å². The molecular weight excluding hydrogens is 1450 g/mol. The Hall–Kier alpha value is -13.9. The molecule has 120 heavy (non-hydrogen) atoms. The minimum absolute atomic E-state index is 0.00192. The van der Waals surface area contributed by atoms with Crippen LogP contribution in [0.25, 0.3) is 93.9 Å². The third-order valence-corrected chi connectivity index (χ3v) is 26.6. The Balaban J connectivity index is 0.823. The molecule has 7 heteroatoms. The topological polar surface area (TPSA) is 23.9 Å². The van der Waals surface area contributed by atoms with Gasteiger partial charge in [-0.05, 0) is 223 Å². The van der Waals surface area contributed by atoms with Gasteiger partial charge in [-0.2, -0.15) is 0 Å². The summed E-state index contributed by atoms with van der Waals surface area (Å²) in [6.07, 6.45) is 0. The summed E-state index contributed by atoms with van der Waals surface area (Å²) >= 11 is 0. The number of hydrogen-bond donors (Lipinski definition) is 0. The summed E-state index contributed by atoms with van der Waals surface area (Å²) in [7, 11) is 0. The number of nitrogens with zero attached hydrogens (tertiary/aromatic N) is 4. The molecule has 1 spiro atoms. The molecule has 4 aliphatic heterocycles. The van der Waals surface area contributed by atoms with Gasteiger partial charge in [-0.3, -0.25) is 0 Å². The van der Waals surface area contributed by atoms with Crippen molar-refractivity contribution in [3.63, 3.8) is 0 Å². The largest absolute Gasteiger partial charge is 0.458 e. The van der Waals surface area contributed by atoms with Crippen LogP contribution in [0.4, 0.5) is 51.2 Å². The Morgan fingerprint density at radius 1 is 0.300 bits per heavy atom. The third kappa shape index (κ3) is 10.0. The van der Waals surface area contributed by atoms with Gasteiger partial charge in [-0.1, -0.05) is 329 Å². The second kappa shape index (κ2) is 25.6. The normalized spacial score (nSPS) is 15.0. The Kier molecular flexibility index (Phi) is 13.3. The summed E-state index contributed by atoms with van der Waals surface area (Å²) in [6, 6.07) is 111. The van der Waals surface area contributed by atoms with Gasteiger partial charge in [0.25, 0.3) is 13.4 Å². The number of aromatic nitrogens is 1. The molecule has 0 unspecified atom stereocenters. The van der Waals surface area contributed by atoms with Gasteiger partial charge in [-0.25, -0.2) is 0 Å². The Morgan fingerprint density at radius 3 is 1.35 bits per heavy atom. The number of hydrogen-bond acceptors (Lipinski definition) is 4. The molecule has 0 amide bonds. The van der Waals surface area contributed by atoms with E-state index in [1.54, 1.807) is 4.57 Å². The molecule has 18 aromatic rings. The lowest BCUT2D eigenvalue weighted by atomic mass is 9.30.